The number of nitrogen functional groups attached to an aromatic ring is 4. The standard InChI is InChI=1S/C30H28N6/c31-21-4-12-25(13-5-21)35(26-14-6-22(32)7-15-26)29-2-1-3-30(20-29)36(27-16-8-23(33)9-17-27)28-18-10-24(34)11-19-28/h1-20H,31-34H2. The lowest BCUT2D eigenvalue weighted by Crippen LogP contribution is -2.13. The van der Waals surface area contributed by atoms with E-state index in [0.29, 0.717) is 22.7 Å². The Balaban J connectivity index is 1.65. The number of rotatable bonds is 6. The molecule has 36 heavy (non-hydrogen) atoms. The van der Waals surface area contributed by atoms with Gasteiger partial charge in [0.2, 0.25) is 0 Å². The van der Waals surface area contributed by atoms with E-state index in [0.717, 1.165) is 34.1 Å². The van der Waals surface area contributed by atoms with Crippen LogP contribution in [0.4, 0.5) is 56.9 Å². The highest BCUT2D eigenvalue weighted by atomic mass is 15.2. The maximum absolute atomic E-state index is 5.98. The van der Waals surface area contributed by atoms with Crippen molar-refractivity contribution in [3.63, 3.8) is 0 Å². The lowest BCUT2D eigenvalue weighted by molar-refractivity contribution is 1.25. The summed E-state index contributed by atoms with van der Waals surface area (Å²) in [6.07, 6.45) is 0. The van der Waals surface area contributed by atoms with E-state index in [9.17, 15) is 0 Å². The summed E-state index contributed by atoms with van der Waals surface area (Å²) in [5, 5.41) is 0. The molecule has 0 radical (unpaired) electrons. The third kappa shape index (κ3) is 4.74. The van der Waals surface area contributed by atoms with Gasteiger partial charge in [-0.3, -0.25) is 0 Å². The molecule has 6 heteroatoms. The first-order valence-electron chi connectivity index (χ1n) is 11.6. The summed E-state index contributed by atoms with van der Waals surface area (Å²) < 4.78 is 0. The lowest BCUT2D eigenvalue weighted by atomic mass is 10.1. The summed E-state index contributed by atoms with van der Waals surface area (Å²) in [7, 11) is 0. The predicted octanol–water partition coefficient (Wildman–Crippen LogP) is 6.96. The third-order valence-electron chi connectivity index (χ3n) is 5.95. The summed E-state index contributed by atoms with van der Waals surface area (Å²) >= 11 is 0. The second-order valence-corrected chi connectivity index (χ2v) is 8.56. The molecule has 0 atom stereocenters. The molecular formula is C30H28N6. The summed E-state index contributed by atoms with van der Waals surface area (Å²) in [6.45, 7) is 0. The fourth-order valence-electron chi connectivity index (χ4n) is 4.16. The fourth-order valence-corrected chi connectivity index (χ4v) is 4.16. The van der Waals surface area contributed by atoms with Crippen LogP contribution in [-0.4, -0.2) is 0 Å². The van der Waals surface area contributed by atoms with E-state index in [4.69, 9.17) is 22.9 Å². The van der Waals surface area contributed by atoms with Gasteiger partial charge >= 0.3 is 0 Å². The van der Waals surface area contributed by atoms with Gasteiger partial charge in [-0.05, 0) is 115 Å². The zero-order valence-corrected chi connectivity index (χ0v) is 19.8. The summed E-state index contributed by atoms with van der Waals surface area (Å²) in [6, 6.07) is 39.7. The Morgan fingerprint density at radius 1 is 0.306 bits per heavy atom. The number of nitrogens with two attached hydrogens (primary N) is 4. The highest BCUT2D eigenvalue weighted by Crippen LogP contribution is 2.40. The van der Waals surface area contributed by atoms with Crippen LogP contribution in [0.25, 0.3) is 0 Å². The quantitative estimate of drug-likeness (QED) is 0.199. The van der Waals surface area contributed by atoms with Crippen LogP contribution < -0.4 is 32.7 Å². The van der Waals surface area contributed by atoms with Gasteiger partial charge in [-0.2, -0.15) is 0 Å². The maximum Gasteiger partial charge on any atom is 0.0482 e. The van der Waals surface area contributed by atoms with E-state index in [1.807, 2.05) is 103 Å². The number of nitrogens with zero attached hydrogens (tertiary/aromatic N) is 2. The molecular weight excluding hydrogens is 444 g/mol. The van der Waals surface area contributed by atoms with E-state index in [1.54, 1.807) is 0 Å². The molecule has 0 spiro atoms. The summed E-state index contributed by atoms with van der Waals surface area (Å²) in [5.74, 6) is 0. The molecule has 0 fully saturated rings. The number of anilines is 10. The Morgan fingerprint density at radius 2 is 0.556 bits per heavy atom. The molecule has 0 saturated heterocycles. The van der Waals surface area contributed by atoms with Gasteiger partial charge in [-0.15, -0.1) is 0 Å². The molecule has 5 aromatic carbocycles. The van der Waals surface area contributed by atoms with Crippen LogP contribution in [0.2, 0.25) is 0 Å². The van der Waals surface area contributed by atoms with Crippen molar-refractivity contribution in [3.8, 4) is 0 Å². The first-order valence-corrected chi connectivity index (χ1v) is 11.6. The molecule has 0 saturated carbocycles. The molecule has 178 valence electrons. The van der Waals surface area contributed by atoms with Crippen molar-refractivity contribution in [1.29, 1.82) is 0 Å². The van der Waals surface area contributed by atoms with Gasteiger partial charge in [0.15, 0.2) is 0 Å². The van der Waals surface area contributed by atoms with Gasteiger partial charge in [0.1, 0.15) is 0 Å². The largest absolute Gasteiger partial charge is 0.399 e. The van der Waals surface area contributed by atoms with E-state index >= 15 is 0 Å². The zero-order valence-electron chi connectivity index (χ0n) is 19.8. The Hall–Kier alpha value is -5.10. The second kappa shape index (κ2) is 9.64. The van der Waals surface area contributed by atoms with Gasteiger partial charge in [0.25, 0.3) is 0 Å². The molecule has 0 amide bonds. The van der Waals surface area contributed by atoms with Crippen molar-refractivity contribution < 1.29 is 0 Å². The van der Waals surface area contributed by atoms with Crippen LogP contribution in [0, 0.1) is 0 Å². The van der Waals surface area contributed by atoms with Gasteiger partial charge in [0.05, 0.1) is 0 Å². The maximum atomic E-state index is 5.98. The van der Waals surface area contributed by atoms with Crippen LogP contribution in [0.15, 0.2) is 121 Å². The molecule has 0 aliphatic rings. The molecule has 0 aromatic heterocycles. The third-order valence-corrected chi connectivity index (χ3v) is 5.95. The molecule has 5 aromatic rings. The smallest absolute Gasteiger partial charge is 0.0482 e. The molecule has 5 rings (SSSR count). The van der Waals surface area contributed by atoms with Crippen molar-refractivity contribution in [2.75, 3.05) is 32.7 Å². The predicted molar refractivity (Wildman–Crippen MR) is 153 cm³/mol. The van der Waals surface area contributed by atoms with Crippen molar-refractivity contribution in [1.82, 2.24) is 0 Å². The van der Waals surface area contributed by atoms with E-state index < -0.39 is 0 Å². The topological polar surface area (TPSA) is 111 Å². The molecule has 6 nitrogen and oxygen atoms in total. The van der Waals surface area contributed by atoms with E-state index in [-0.39, 0.29) is 0 Å². The van der Waals surface area contributed by atoms with Crippen LogP contribution in [0.1, 0.15) is 0 Å². The second-order valence-electron chi connectivity index (χ2n) is 8.56. The fraction of sp³-hybridized carbons (Fsp3) is 0. The molecule has 0 heterocycles. The molecule has 0 aliphatic carbocycles. The van der Waals surface area contributed by atoms with E-state index in [1.165, 1.54) is 0 Å². The highest BCUT2D eigenvalue weighted by molar-refractivity contribution is 5.84. The molecule has 8 N–H and O–H groups in total. The van der Waals surface area contributed by atoms with Crippen molar-refractivity contribution >= 4 is 56.9 Å². The lowest BCUT2D eigenvalue weighted by Gasteiger charge is -2.29. The first kappa shape index (κ1) is 22.7. The summed E-state index contributed by atoms with van der Waals surface area (Å²) in [5.41, 5.74) is 32.7. The van der Waals surface area contributed by atoms with Gasteiger partial charge < -0.3 is 32.7 Å². The van der Waals surface area contributed by atoms with Gasteiger partial charge in [0, 0.05) is 56.9 Å². The Kier molecular flexibility index (Phi) is 6.07. The van der Waals surface area contributed by atoms with Crippen molar-refractivity contribution in [2.24, 2.45) is 0 Å². The zero-order chi connectivity index (χ0) is 25.1. The molecule has 0 aliphatic heterocycles. The minimum atomic E-state index is 0.711. The first-order chi connectivity index (χ1) is 17.5. The minimum absolute atomic E-state index is 0.711. The van der Waals surface area contributed by atoms with Crippen LogP contribution >= 0.6 is 0 Å². The molecule has 0 bridgehead atoms. The average Bonchev–Trinajstić information content (AvgIpc) is 2.89. The van der Waals surface area contributed by atoms with Crippen molar-refractivity contribution in [2.45, 2.75) is 0 Å². The van der Waals surface area contributed by atoms with Crippen molar-refractivity contribution in [3.05, 3.63) is 121 Å². The normalized spacial score (nSPS) is 10.7. The number of hydrogen-bond acceptors (Lipinski definition) is 6. The minimum Gasteiger partial charge on any atom is -0.399 e. The monoisotopic (exact) mass is 472 g/mol. The Bertz CT molecular complexity index is 1240. The Morgan fingerprint density at radius 3 is 0.806 bits per heavy atom. The van der Waals surface area contributed by atoms with Crippen LogP contribution in [0.3, 0.4) is 0 Å². The number of hydrogen-bond donors (Lipinski definition) is 4. The van der Waals surface area contributed by atoms with E-state index in [2.05, 4.69) is 28.0 Å². The van der Waals surface area contributed by atoms with Gasteiger partial charge in [-0.1, -0.05) is 6.07 Å². The van der Waals surface area contributed by atoms with Crippen LogP contribution in [0.5, 0.6) is 0 Å². The Labute approximate surface area is 211 Å². The SMILES string of the molecule is Nc1ccc(N(c2ccc(N)cc2)c2cccc(N(c3ccc(N)cc3)c3ccc(N)cc3)c2)cc1. The summed E-state index contributed by atoms with van der Waals surface area (Å²) in [4.78, 5) is 4.35. The highest BCUT2D eigenvalue weighted by Gasteiger charge is 2.17. The molecule has 0 unspecified atom stereocenters. The number of benzene rings is 5. The van der Waals surface area contributed by atoms with Gasteiger partial charge in [-0.25, -0.2) is 0 Å². The van der Waals surface area contributed by atoms with Crippen LogP contribution in [-0.2, 0) is 0 Å². The average molecular weight is 473 g/mol.